The largest absolute Gasteiger partial charge is 0.382 e. The molecule has 3 rings (SSSR count). The Kier molecular flexibility index (Phi) is 3.62. The fraction of sp³-hybridized carbons (Fsp3) is 0.385. The summed E-state index contributed by atoms with van der Waals surface area (Å²) in [6.45, 7) is 2.77. The van der Waals surface area contributed by atoms with Crippen LogP contribution >= 0.6 is 22.9 Å². The number of aromatic nitrogens is 1. The molecule has 1 amide bonds. The maximum absolute atomic E-state index is 12.2. The van der Waals surface area contributed by atoms with Gasteiger partial charge in [-0.3, -0.25) is 4.79 Å². The SMILES string of the molecule is Cc1ccsc1CNc1snc(N)c1C(=O)NC1CC1. The summed E-state index contributed by atoms with van der Waals surface area (Å²) in [5, 5.41) is 9.04. The zero-order chi connectivity index (χ0) is 14.1. The molecule has 0 aliphatic heterocycles. The molecule has 0 bridgehead atoms. The van der Waals surface area contributed by atoms with Gasteiger partial charge < -0.3 is 16.4 Å². The van der Waals surface area contributed by atoms with E-state index < -0.39 is 0 Å². The predicted octanol–water partition coefficient (Wildman–Crippen LogP) is 2.60. The molecule has 0 unspecified atom stereocenters. The number of nitrogens with zero attached hydrogens (tertiary/aromatic N) is 1. The molecule has 0 aromatic carbocycles. The second-order valence-electron chi connectivity index (χ2n) is 4.90. The van der Waals surface area contributed by atoms with Gasteiger partial charge in [0.1, 0.15) is 10.6 Å². The van der Waals surface area contributed by atoms with Gasteiger partial charge in [-0.25, -0.2) is 0 Å². The first-order chi connectivity index (χ1) is 9.65. The minimum atomic E-state index is -0.121. The molecule has 1 saturated carbocycles. The molecule has 5 nitrogen and oxygen atoms in total. The number of aryl methyl sites for hydroxylation is 1. The number of rotatable bonds is 5. The van der Waals surface area contributed by atoms with Crippen LogP contribution in [0.4, 0.5) is 10.8 Å². The first kappa shape index (κ1) is 13.4. The van der Waals surface area contributed by atoms with E-state index in [9.17, 15) is 4.79 Å². The maximum atomic E-state index is 12.2. The van der Waals surface area contributed by atoms with Crippen LogP contribution in [-0.2, 0) is 6.54 Å². The lowest BCUT2D eigenvalue weighted by molar-refractivity contribution is 0.0953. The molecule has 0 spiro atoms. The number of anilines is 2. The zero-order valence-corrected chi connectivity index (χ0v) is 12.7. The van der Waals surface area contributed by atoms with Crippen molar-refractivity contribution in [2.45, 2.75) is 32.4 Å². The Labute approximate surface area is 125 Å². The summed E-state index contributed by atoms with van der Waals surface area (Å²) < 4.78 is 4.09. The normalized spacial score (nSPS) is 14.2. The summed E-state index contributed by atoms with van der Waals surface area (Å²) >= 11 is 2.94. The summed E-state index contributed by atoms with van der Waals surface area (Å²) in [7, 11) is 0. The Balaban J connectivity index is 1.72. The highest BCUT2D eigenvalue weighted by atomic mass is 32.1. The van der Waals surface area contributed by atoms with Crippen molar-refractivity contribution in [3.05, 3.63) is 27.5 Å². The van der Waals surface area contributed by atoms with Crippen molar-refractivity contribution in [3.63, 3.8) is 0 Å². The van der Waals surface area contributed by atoms with E-state index in [0.29, 0.717) is 24.0 Å². The van der Waals surface area contributed by atoms with Crippen molar-refractivity contribution in [1.29, 1.82) is 0 Å². The lowest BCUT2D eigenvalue weighted by Crippen LogP contribution is -2.26. The third-order valence-electron chi connectivity index (χ3n) is 3.24. The molecular formula is C13H16N4OS2. The van der Waals surface area contributed by atoms with Crippen LogP contribution in [0, 0.1) is 6.92 Å². The zero-order valence-electron chi connectivity index (χ0n) is 11.1. The molecule has 1 aliphatic carbocycles. The van der Waals surface area contributed by atoms with Crippen LogP contribution in [0.15, 0.2) is 11.4 Å². The molecule has 2 aromatic heterocycles. The van der Waals surface area contributed by atoms with E-state index in [1.54, 1.807) is 11.3 Å². The number of carbonyl (C=O) groups excluding carboxylic acids is 1. The fourth-order valence-electron chi connectivity index (χ4n) is 1.87. The van der Waals surface area contributed by atoms with E-state index in [0.717, 1.165) is 17.8 Å². The van der Waals surface area contributed by atoms with E-state index in [2.05, 4.69) is 33.4 Å². The van der Waals surface area contributed by atoms with Gasteiger partial charge in [-0.1, -0.05) is 0 Å². The van der Waals surface area contributed by atoms with Crippen LogP contribution < -0.4 is 16.4 Å². The first-order valence-corrected chi connectivity index (χ1v) is 8.13. The van der Waals surface area contributed by atoms with Gasteiger partial charge in [-0.15, -0.1) is 11.3 Å². The summed E-state index contributed by atoms with van der Waals surface area (Å²) in [6.07, 6.45) is 2.11. The standard InChI is InChI=1S/C13H16N4OS2/c1-7-4-5-19-9(7)6-15-13-10(11(14)17-20-13)12(18)16-8-2-3-8/h4-5,8,15H,2-3,6H2,1H3,(H2,14,17)(H,16,18). The first-order valence-electron chi connectivity index (χ1n) is 6.48. The minimum Gasteiger partial charge on any atom is -0.382 e. The molecule has 0 saturated heterocycles. The monoisotopic (exact) mass is 308 g/mol. The molecule has 7 heteroatoms. The predicted molar refractivity (Wildman–Crippen MR) is 83.4 cm³/mol. The fourth-order valence-corrected chi connectivity index (χ4v) is 3.43. The van der Waals surface area contributed by atoms with Crippen molar-refractivity contribution >= 4 is 39.6 Å². The van der Waals surface area contributed by atoms with Gasteiger partial charge in [0.15, 0.2) is 5.82 Å². The summed E-state index contributed by atoms with van der Waals surface area (Å²) in [5.74, 6) is 0.183. The molecule has 20 heavy (non-hydrogen) atoms. The van der Waals surface area contributed by atoms with E-state index in [1.165, 1.54) is 22.0 Å². The number of thiophene rings is 1. The topological polar surface area (TPSA) is 80.0 Å². The lowest BCUT2D eigenvalue weighted by atomic mass is 10.2. The minimum absolute atomic E-state index is 0.121. The van der Waals surface area contributed by atoms with Gasteiger partial charge in [-0.05, 0) is 48.3 Å². The van der Waals surface area contributed by atoms with Crippen molar-refractivity contribution in [1.82, 2.24) is 9.69 Å². The van der Waals surface area contributed by atoms with Crippen LogP contribution in [0.3, 0.4) is 0 Å². The summed E-state index contributed by atoms with van der Waals surface area (Å²) in [6, 6.07) is 2.40. The van der Waals surface area contributed by atoms with Gasteiger partial charge >= 0.3 is 0 Å². The molecule has 1 aliphatic rings. The van der Waals surface area contributed by atoms with Gasteiger partial charge in [0.05, 0.1) is 6.54 Å². The van der Waals surface area contributed by atoms with E-state index in [1.807, 2.05) is 0 Å². The molecule has 2 aromatic rings. The maximum Gasteiger partial charge on any atom is 0.258 e. The highest BCUT2D eigenvalue weighted by Gasteiger charge is 2.27. The third kappa shape index (κ3) is 2.78. The van der Waals surface area contributed by atoms with Crippen LogP contribution in [0.1, 0.15) is 33.6 Å². The molecular weight excluding hydrogens is 292 g/mol. The summed E-state index contributed by atoms with van der Waals surface area (Å²) in [4.78, 5) is 13.4. The molecule has 0 radical (unpaired) electrons. The Morgan fingerprint density at radius 1 is 1.55 bits per heavy atom. The van der Waals surface area contributed by atoms with Crippen LogP contribution in [0.5, 0.6) is 0 Å². The van der Waals surface area contributed by atoms with Gasteiger partial charge in [0.2, 0.25) is 0 Å². The molecule has 2 heterocycles. The van der Waals surface area contributed by atoms with Gasteiger partial charge in [0, 0.05) is 10.9 Å². The number of nitrogens with one attached hydrogen (secondary N) is 2. The van der Waals surface area contributed by atoms with E-state index in [4.69, 9.17) is 5.73 Å². The van der Waals surface area contributed by atoms with Crippen LogP contribution in [0.2, 0.25) is 0 Å². The number of carbonyl (C=O) groups is 1. The smallest absolute Gasteiger partial charge is 0.258 e. The highest BCUT2D eigenvalue weighted by Crippen LogP contribution is 2.29. The Morgan fingerprint density at radius 3 is 3.00 bits per heavy atom. The molecule has 1 fully saturated rings. The molecule has 4 N–H and O–H groups in total. The second kappa shape index (κ2) is 5.41. The Morgan fingerprint density at radius 2 is 2.35 bits per heavy atom. The molecule has 0 atom stereocenters. The van der Waals surface area contributed by atoms with Crippen molar-refractivity contribution in [3.8, 4) is 0 Å². The summed E-state index contributed by atoms with van der Waals surface area (Å²) in [5.41, 5.74) is 7.55. The van der Waals surface area contributed by atoms with Crippen molar-refractivity contribution < 1.29 is 4.79 Å². The number of amides is 1. The number of hydrogen-bond acceptors (Lipinski definition) is 6. The average Bonchev–Trinajstić information content (AvgIpc) is 3.00. The number of nitrogens with two attached hydrogens (primary N) is 1. The van der Waals surface area contributed by atoms with Crippen molar-refractivity contribution in [2.75, 3.05) is 11.1 Å². The number of hydrogen-bond donors (Lipinski definition) is 3. The van der Waals surface area contributed by atoms with Gasteiger partial charge in [-0.2, -0.15) is 4.37 Å². The molecule has 106 valence electrons. The van der Waals surface area contributed by atoms with Crippen molar-refractivity contribution in [2.24, 2.45) is 0 Å². The number of nitrogen functional groups attached to an aromatic ring is 1. The quantitative estimate of drug-likeness (QED) is 0.793. The highest BCUT2D eigenvalue weighted by molar-refractivity contribution is 7.11. The Hall–Kier alpha value is -1.60. The Bertz CT molecular complexity index is 630. The lowest BCUT2D eigenvalue weighted by Gasteiger charge is -2.07. The van der Waals surface area contributed by atoms with Crippen LogP contribution in [0.25, 0.3) is 0 Å². The second-order valence-corrected chi connectivity index (χ2v) is 6.67. The van der Waals surface area contributed by atoms with E-state index in [-0.39, 0.29) is 5.91 Å². The van der Waals surface area contributed by atoms with Crippen LogP contribution in [-0.4, -0.2) is 16.3 Å². The average molecular weight is 308 g/mol. The third-order valence-corrected chi connectivity index (χ3v) is 5.08. The van der Waals surface area contributed by atoms with E-state index >= 15 is 0 Å². The van der Waals surface area contributed by atoms with Gasteiger partial charge in [0.25, 0.3) is 5.91 Å².